The maximum Gasteiger partial charge on any atom is 0.246 e. The summed E-state index contributed by atoms with van der Waals surface area (Å²) in [5, 5.41) is 25.1. The number of carbonyl (C=O) groups is 1. The van der Waals surface area contributed by atoms with E-state index < -0.39 is 11.7 Å². The van der Waals surface area contributed by atoms with Crippen LogP contribution in [0.2, 0.25) is 0 Å². The number of amides is 1. The molecule has 1 saturated heterocycles. The summed E-state index contributed by atoms with van der Waals surface area (Å²) in [5.74, 6) is -1.90. The molecule has 0 aromatic heterocycles. The van der Waals surface area contributed by atoms with E-state index in [1.807, 2.05) is 17.2 Å². The summed E-state index contributed by atoms with van der Waals surface area (Å²) in [5.41, 5.74) is 5.81. The van der Waals surface area contributed by atoms with Gasteiger partial charge >= 0.3 is 0 Å². The molecular weight excluding hydrogens is 336 g/mol. The van der Waals surface area contributed by atoms with Gasteiger partial charge in [0.25, 0.3) is 0 Å². The van der Waals surface area contributed by atoms with Crippen LogP contribution in [0.15, 0.2) is 24.0 Å². The molecule has 0 bridgehead atoms. The highest BCUT2D eigenvalue weighted by Crippen LogP contribution is 2.25. The number of carbonyl (C=O) groups excluding carboxylic acids is 1. The first-order chi connectivity index (χ1) is 12.1. The zero-order valence-corrected chi connectivity index (χ0v) is 16.5. The Morgan fingerprint density at radius 2 is 1.88 bits per heavy atom. The second-order valence-electron chi connectivity index (χ2n) is 6.88. The molecule has 1 fully saturated rings. The first kappa shape index (κ1) is 24.6. The average Bonchev–Trinajstić information content (AvgIpc) is 3.04. The highest BCUT2D eigenvalue weighted by molar-refractivity contribution is 5.92. The molecule has 0 saturated carbocycles. The molecule has 0 spiro atoms. The number of aliphatic hydroxyl groups is 3. The van der Waals surface area contributed by atoms with Crippen LogP contribution in [0.4, 0.5) is 0 Å². The summed E-state index contributed by atoms with van der Waals surface area (Å²) < 4.78 is 5.61. The number of nitrogens with zero attached hydrogens (tertiary/aromatic N) is 1. The summed E-state index contributed by atoms with van der Waals surface area (Å²) in [6.07, 6.45) is 11.6. The Labute approximate surface area is 157 Å². The van der Waals surface area contributed by atoms with Crippen molar-refractivity contribution in [3.63, 3.8) is 0 Å². The number of ether oxygens (including phenoxy) is 1. The summed E-state index contributed by atoms with van der Waals surface area (Å²) >= 11 is 0. The fraction of sp³-hybridized carbons (Fsp3) is 0.737. The molecule has 26 heavy (non-hydrogen) atoms. The second-order valence-corrected chi connectivity index (χ2v) is 6.88. The molecule has 2 heterocycles. The van der Waals surface area contributed by atoms with Gasteiger partial charge in [0, 0.05) is 18.0 Å². The molecule has 7 nitrogen and oxygen atoms in total. The van der Waals surface area contributed by atoms with Crippen molar-refractivity contribution in [2.75, 3.05) is 6.61 Å². The molecule has 2 aliphatic rings. The molecule has 0 aliphatic carbocycles. The molecule has 7 heteroatoms. The molecule has 2 rings (SSSR count). The van der Waals surface area contributed by atoms with Gasteiger partial charge in [-0.25, -0.2) is 0 Å². The predicted molar refractivity (Wildman–Crippen MR) is 102 cm³/mol. The van der Waals surface area contributed by atoms with Gasteiger partial charge in [-0.3, -0.25) is 4.79 Å². The molecular formula is C19H36N2O5. The van der Waals surface area contributed by atoms with Crippen molar-refractivity contribution in [2.45, 2.75) is 84.3 Å². The summed E-state index contributed by atoms with van der Waals surface area (Å²) in [6.45, 7) is 7.06. The van der Waals surface area contributed by atoms with Crippen LogP contribution in [-0.2, 0) is 9.53 Å². The average molecular weight is 373 g/mol. The molecule has 1 amide bonds. The molecule has 0 aromatic carbocycles. The normalized spacial score (nSPS) is 22.0. The number of hydrogen-bond donors (Lipinski definition) is 4. The largest absolute Gasteiger partial charge is 0.394 e. The quantitative estimate of drug-likeness (QED) is 0.548. The topological polar surface area (TPSA) is 116 Å². The van der Waals surface area contributed by atoms with Gasteiger partial charge < -0.3 is 30.7 Å². The fourth-order valence-corrected chi connectivity index (χ4v) is 2.31. The maximum atomic E-state index is 11.0. The van der Waals surface area contributed by atoms with Crippen molar-refractivity contribution in [3.8, 4) is 0 Å². The third-order valence-corrected chi connectivity index (χ3v) is 3.57. The van der Waals surface area contributed by atoms with Gasteiger partial charge in [0.1, 0.15) is 6.23 Å². The van der Waals surface area contributed by atoms with E-state index in [4.69, 9.17) is 25.8 Å². The monoisotopic (exact) mass is 372 g/mol. The number of nitrogens with two attached hydrogens (primary N) is 1. The third-order valence-electron chi connectivity index (χ3n) is 3.57. The smallest absolute Gasteiger partial charge is 0.246 e. The van der Waals surface area contributed by atoms with Crippen LogP contribution in [0.25, 0.3) is 0 Å². The zero-order valence-electron chi connectivity index (χ0n) is 16.5. The SMILES string of the molecule is CC(C)(O)O.CCCCC.NC(=O)C1=CN([C@H]2CCC(CO)O2)C=CC1. The van der Waals surface area contributed by atoms with Crippen LogP contribution in [0.3, 0.4) is 0 Å². The van der Waals surface area contributed by atoms with Crippen LogP contribution in [-0.4, -0.2) is 50.9 Å². The van der Waals surface area contributed by atoms with Gasteiger partial charge in [-0.05, 0) is 33.1 Å². The Balaban J connectivity index is 0.000000520. The van der Waals surface area contributed by atoms with Crippen molar-refractivity contribution < 1.29 is 24.9 Å². The van der Waals surface area contributed by atoms with E-state index in [1.165, 1.54) is 33.1 Å². The minimum absolute atomic E-state index is 0.0421. The summed E-state index contributed by atoms with van der Waals surface area (Å²) in [6, 6.07) is 0. The molecule has 152 valence electrons. The Morgan fingerprint density at radius 3 is 2.27 bits per heavy atom. The van der Waals surface area contributed by atoms with Gasteiger partial charge in [0.05, 0.1) is 12.7 Å². The second kappa shape index (κ2) is 12.9. The third kappa shape index (κ3) is 12.0. The van der Waals surface area contributed by atoms with E-state index in [1.54, 1.807) is 6.20 Å². The zero-order chi connectivity index (χ0) is 20.2. The lowest BCUT2D eigenvalue weighted by molar-refractivity contribution is -0.127. The van der Waals surface area contributed by atoms with E-state index in [9.17, 15) is 4.79 Å². The predicted octanol–water partition coefficient (Wildman–Crippen LogP) is 1.98. The Kier molecular flexibility index (Phi) is 12.2. The minimum atomic E-state index is -1.50. The van der Waals surface area contributed by atoms with Crippen molar-refractivity contribution >= 4 is 5.91 Å². The first-order valence-corrected chi connectivity index (χ1v) is 9.28. The van der Waals surface area contributed by atoms with E-state index in [2.05, 4.69) is 13.8 Å². The van der Waals surface area contributed by atoms with Crippen LogP contribution in [0.5, 0.6) is 0 Å². The van der Waals surface area contributed by atoms with Crippen LogP contribution < -0.4 is 5.73 Å². The van der Waals surface area contributed by atoms with Gasteiger partial charge in [-0.2, -0.15) is 0 Å². The van der Waals surface area contributed by atoms with E-state index >= 15 is 0 Å². The van der Waals surface area contributed by atoms with E-state index in [-0.39, 0.29) is 18.9 Å². The van der Waals surface area contributed by atoms with Crippen molar-refractivity contribution in [1.82, 2.24) is 4.90 Å². The Bertz CT molecular complexity index is 449. The first-order valence-electron chi connectivity index (χ1n) is 9.28. The van der Waals surface area contributed by atoms with Gasteiger partial charge in [-0.1, -0.05) is 39.2 Å². The Hall–Kier alpha value is -1.41. The molecule has 0 aromatic rings. The molecule has 1 unspecified atom stereocenters. The van der Waals surface area contributed by atoms with Crippen molar-refractivity contribution in [3.05, 3.63) is 24.0 Å². The minimum Gasteiger partial charge on any atom is -0.394 e. The van der Waals surface area contributed by atoms with Gasteiger partial charge in [0.2, 0.25) is 5.91 Å². The van der Waals surface area contributed by atoms with Crippen LogP contribution >= 0.6 is 0 Å². The van der Waals surface area contributed by atoms with Crippen LogP contribution in [0.1, 0.15) is 66.2 Å². The van der Waals surface area contributed by atoms with Crippen molar-refractivity contribution in [2.24, 2.45) is 5.73 Å². The van der Waals surface area contributed by atoms with Gasteiger partial charge in [-0.15, -0.1) is 0 Å². The molecule has 0 radical (unpaired) electrons. The standard InChI is InChI=1S/C11H16N2O3.C5H12.C3H8O2/c12-11(15)8-2-1-5-13(6-8)10-4-3-9(7-14)16-10;1-3-5-4-2;1-3(2,4)5/h1,5-6,9-10,14H,2-4,7H2,(H2,12,15);3-5H2,1-2H3;4-5H,1-2H3/t9?,10-;;/m1../s1. The number of rotatable bonds is 5. The number of hydrogen-bond acceptors (Lipinski definition) is 6. The number of unbranched alkanes of at least 4 members (excludes halogenated alkanes) is 2. The van der Waals surface area contributed by atoms with E-state index in [0.717, 1.165) is 12.8 Å². The molecule has 5 N–H and O–H groups in total. The van der Waals surface area contributed by atoms with Crippen LogP contribution in [0, 0.1) is 0 Å². The molecule has 2 atom stereocenters. The lowest BCUT2D eigenvalue weighted by atomic mass is 10.1. The van der Waals surface area contributed by atoms with E-state index in [0.29, 0.717) is 12.0 Å². The van der Waals surface area contributed by atoms with Gasteiger partial charge in [0.15, 0.2) is 5.79 Å². The maximum absolute atomic E-state index is 11.0. The lowest BCUT2D eigenvalue weighted by Gasteiger charge is -2.26. The number of allylic oxidation sites excluding steroid dienone is 1. The Morgan fingerprint density at radius 1 is 1.31 bits per heavy atom. The fourth-order valence-electron chi connectivity index (χ4n) is 2.31. The molecule has 2 aliphatic heterocycles. The van der Waals surface area contributed by atoms with Crippen molar-refractivity contribution in [1.29, 1.82) is 0 Å². The number of aliphatic hydroxyl groups excluding tert-OH is 1. The highest BCUT2D eigenvalue weighted by atomic mass is 16.5. The summed E-state index contributed by atoms with van der Waals surface area (Å²) in [7, 11) is 0. The highest BCUT2D eigenvalue weighted by Gasteiger charge is 2.28. The lowest BCUT2D eigenvalue weighted by Crippen LogP contribution is -2.30. The summed E-state index contributed by atoms with van der Waals surface area (Å²) in [4.78, 5) is 12.9. The number of primary amides is 1.